The zero-order valence-electron chi connectivity index (χ0n) is 4.97. The van der Waals surface area contributed by atoms with Crippen molar-refractivity contribution in [1.82, 2.24) is 0 Å². The molecule has 11 heavy (non-hydrogen) atoms. The van der Waals surface area contributed by atoms with Gasteiger partial charge in [-0.05, 0) is 0 Å². The molecule has 1 aliphatic rings. The molecule has 6 heteroatoms. The molecule has 1 rings (SSSR count). The summed E-state index contributed by atoms with van der Waals surface area (Å²) in [6.45, 7) is 2.29. The molecule has 0 heterocycles. The van der Waals surface area contributed by atoms with Crippen LogP contribution in [0.25, 0.3) is 0 Å². The number of alkyl halides is 6. The van der Waals surface area contributed by atoms with Crippen LogP contribution in [0.5, 0.6) is 0 Å². The van der Waals surface area contributed by atoms with Gasteiger partial charge in [-0.2, -0.15) is 22.0 Å². The minimum atomic E-state index is -5.56. The molecule has 0 aromatic heterocycles. The molecule has 0 bridgehead atoms. The average Bonchev–Trinajstić information content (AvgIpc) is 2.14. The Kier molecular flexibility index (Phi) is 1.20. The summed E-state index contributed by atoms with van der Waals surface area (Å²) >= 11 is 0. The molecule has 1 saturated carbocycles. The fourth-order valence-corrected chi connectivity index (χ4v) is 0.723. The predicted octanol–water partition coefficient (Wildman–Crippen LogP) is 2.46. The highest BCUT2D eigenvalue weighted by Gasteiger charge is 2.89. The van der Waals surface area contributed by atoms with Crippen molar-refractivity contribution >= 4 is 0 Å². The first kappa shape index (κ1) is 8.42. The highest BCUT2D eigenvalue weighted by atomic mass is 19.4. The van der Waals surface area contributed by atoms with Crippen molar-refractivity contribution in [2.45, 2.75) is 17.8 Å². The Morgan fingerprint density at radius 2 is 1.36 bits per heavy atom. The molecule has 0 amide bonds. The minimum absolute atomic E-state index is 1.71. The monoisotopic (exact) mass is 176 g/mol. The molecule has 0 radical (unpaired) electrons. The second-order valence-corrected chi connectivity index (χ2v) is 2.21. The fraction of sp³-hybridized carbons (Fsp3) is 0.600. The van der Waals surface area contributed by atoms with Gasteiger partial charge in [-0.15, -0.1) is 0 Å². The maximum absolute atomic E-state index is 12.2. The highest BCUT2D eigenvalue weighted by molar-refractivity contribution is 5.49. The van der Waals surface area contributed by atoms with Crippen LogP contribution in [0.15, 0.2) is 12.2 Å². The summed E-state index contributed by atoms with van der Waals surface area (Å²) < 4.78 is 70.3. The number of halogens is 6. The van der Waals surface area contributed by atoms with Crippen molar-refractivity contribution in [3.05, 3.63) is 12.2 Å². The number of allylic oxidation sites excluding steroid dienone is 1. The predicted molar refractivity (Wildman–Crippen MR) is 24.0 cm³/mol. The van der Waals surface area contributed by atoms with Crippen LogP contribution in [0.2, 0.25) is 0 Å². The van der Waals surface area contributed by atoms with Gasteiger partial charge in [0.25, 0.3) is 5.67 Å². The summed E-state index contributed by atoms with van der Waals surface area (Å²) in [5, 5.41) is 0. The van der Waals surface area contributed by atoms with Gasteiger partial charge in [-0.1, -0.05) is 6.58 Å². The van der Waals surface area contributed by atoms with Gasteiger partial charge < -0.3 is 0 Å². The van der Waals surface area contributed by atoms with Crippen LogP contribution in [-0.4, -0.2) is 17.8 Å². The van der Waals surface area contributed by atoms with Crippen LogP contribution in [0.4, 0.5) is 26.3 Å². The van der Waals surface area contributed by atoms with E-state index in [1.54, 1.807) is 0 Å². The van der Waals surface area contributed by atoms with E-state index in [9.17, 15) is 26.3 Å². The molecule has 0 nitrogen and oxygen atoms in total. The first-order chi connectivity index (χ1) is 4.65. The molecular formula is C5H2F6. The molecule has 0 aliphatic heterocycles. The second kappa shape index (κ2) is 1.56. The maximum Gasteiger partial charge on any atom is 0.433 e. The lowest BCUT2D eigenvalue weighted by molar-refractivity contribution is -0.215. The number of hydrogen-bond acceptors (Lipinski definition) is 0. The third kappa shape index (κ3) is 0.669. The van der Waals surface area contributed by atoms with Crippen LogP contribution in [-0.2, 0) is 0 Å². The first-order valence-corrected chi connectivity index (χ1v) is 2.49. The SMILES string of the molecule is C=C1C(F)(F)C1(F)C(F)(F)F. The molecule has 1 aliphatic carbocycles. The van der Waals surface area contributed by atoms with Crippen molar-refractivity contribution in [3.63, 3.8) is 0 Å². The molecule has 0 aromatic carbocycles. The molecule has 1 fully saturated rings. The smallest absolute Gasteiger partial charge is 0.221 e. The van der Waals surface area contributed by atoms with Crippen LogP contribution in [0.1, 0.15) is 0 Å². The van der Waals surface area contributed by atoms with Crippen LogP contribution in [0.3, 0.4) is 0 Å². The van der Waals surface area contributed by atoms with E-state index in [0.29, 0.717) is 0 Å². The normalized spacial score (nSPS) is 35.6. The Labute approximate surface area is 57.5 Å². The maximum atomic E-state index is 12.2. The van der Waals surface area contributed by atoms with E-state index in [2.05, 4.69) is 6.58 Å². The Bertz CT molecular complexity index is 214. The highest BCUT2D eigenvalue weighted by Crippen LogP contribution is 2.67. The van der Waals surface area contributed by atoms with Crippen molar-refractivity contribution < 1.29 is 26.3 Å². The summed E-state index contributed by atoms with van der Waals surface area (Å²) in [6.07, 6.45) is -5.56. The fourth-order valence-electron chi connectivity index (χ4n) is 0.723. The summed E-state index contributed by atoms with van der Waals surface area (Å²) in [5.74, 6) is -4.44. The van der Waals surface area contributed by atoms with Crippen LogP contribution in [0, 0.1) is 0 Å². The van der Waals surface area contributed by atoms with E-state index in [-0.39, 0.29) is 0 Å². The summed E-state index contributed by atoms with van der Waals surface area (Å²) in [4.78, 5) is 0. The minimum Gasteiger partial charge on any atom is -0.221 e. The third-order valence-electron chi connectivity index (χ3n) is 1.56. The molecule has 0 spiro atoms. The van der Waals surface area contributed by atoms with Gasteiger partial charge in [0.1, 0.15) is 0 Å². The zero-order valence-corrected chi connectivity index (χ0v) is 4.97. The van der Waals surface area contributed by atoms with Gasteiger partial charge in [0.2, 0.25) is 0 Å². The van der Waals surface area contributed by atoms with E-state index in [1.807, 2.05) is 0 Å². The number of rotatable bonds is 0. The zero-order chi connectivity index (χ0) is 9.08. The molecule has 1 atom stereocenters. The topological polar surface area (TPSA) is 0 Å². The van der Waals surface area contributed by atoms with Crippen molar-refractivity contribution in [1.29, 1.82) is 0 Å². The van der Waals surface area contributed by atoms with Gasteiger partial charge in [0.15, 0.2) is 0 Å². The number of hydrogen-bond donors (Lipinski definition) is 0. The van der Waals surface area contributed by atoms with E-state index in [1.165, 1.54) is 0 Å². The van der Waals surface area contributed by atoms with E-state index in [0.717, 1.165) is 0 Å². The average molecular weight is 176 g/mol. The van der Waals surface area contributed by atoms with Crippen LogP contribution >= 0.6 is 0 Å². The summed E-state index contributed by atoms with van der Waals surface area (Å²) in [5.41, 5.74) is -6.20. The van der Waals surface area contributed by atoms with Crippen molar-refractivity contribution in [2.24, 2.45) is 0 Å². The Balaban J connectivity index is 3.01. The van der Waals surface area contributed by atoms with E-state index in [4.69, 9.17) is 0 Å². The third-order valence-corrected chi connectivity index (χ3v) is 1.56. The van der Waals surface area contributed by atoms with Gasteiger partial charge in [-0.3, -0.25) is 0 Å². The lowest BCUT2D eigenvalue weighted by Crippen LogP contribution is -2.32. The Morgan fingerprint density at radius 3 is 1.36 bits per heavy atom. The van der Waals surface area contributed by atoms with E-state index < -0.39 is 23.3 Å². The molecule has 0 saturated heterocycles. The Hall–Kier alpha value is -0.680. The Morgan fingerprint density at radius 1 is 1.09 bits per heavy atom. The van der Waals surface area contributed by atoms with E-state index >= 15 is 0 Å². The van der Waals surface area contributed by atoms with Crippen molar-refractivity contribution in [2.75, 3.05) is 0 Å². The van der Waals surface area contributed by atoms with Gasteiger partial charge in [0.05, 0.1) is 0 Å². The van der Waals surface area contributed by atoms with Gasteiger partial charge >= 0.3 is 12.1 Å². The molecule has 1 unspecified atom stereocenters. The lowest BCUT2D eigenvalue weighted by Gasteiger charge is -2.08. The van der Waals surface area contributed by atoms with Crippen LogP contribution < -0.4 is 0 Å². The molecule has 64 valence electrons. The molecule has 0 aromatic rings. The molecule has 0 N–H and O–H groups in total. The van der Waals surface area contributed by atoms with Gasteiger partial charge in [0, 0.05) is 5.57 Å². The molecular weight excluding hydrogens is 174 g/mol. The summed E-state index contributed by atoms with van der Waals surface area (Å²) in [7, 11) is 0. The largest absolute Gasteiger partial charge is 0.433 e. The van der Waals surface area contributed by atoms with Gasteiger partial charge in [-0.25, -0.2) is 4.39 Å². The summed E-state index contributed by atoms with van der Waals surface area (Å²) in [6, 6.07) is 0. The quantitative estimate of drug-likeness (QED) is 0.392. The second-order valence-electron chi connectivity index (χ2n) is 2.21. The van der Waals surface area contributed by atoms with Crippen molar-refractivity contribution in [3.8, 4) is 0 Å². The lowest BCUT2D eigenvalue weighted by atomic mass is 10.3. The first-order valence-electron chi connectivity index (χ1n) is 2.49. The standard InChI is InChI=1S/C5H2F6/c1-2-3(6,4(2,7)8)5(9,10)11/h1H2.